The molecule has 2 aliphatic rings. The number of halogens is 1. The molecule has 1 aromatic carbocycles. The number of nitro benzene ring substituents is 1. The molecule has 1 N–H and O–H groups in total. The van der Waals surface area contributed by atoms with Gasteiger partial charge in [-0.25, -0.2) is 0 Å². The Bertz CT molecular complexity index is 534. The van der Waals surface area contributed by atoms with Crippen molar-refractivity contribution in [2.24, 2.45) is 5.92 Å². The normalized spacial score (nSPS) is 22.6. The zero-order valence-electron chi connectivity index (χ0n) is 11.9. The van der Waals surface area contributed by atoms with Crippen LogP contribution < -0.4 is 5.32 Å². The van der Waals surface area contributed by atoms with Crippen molar-refractivity contribution in [1.29, 1.82) is 0 Å². The van der Waals surface area contributed by atoms with Crippen LogP contribution in [0.25, 0.3) is 0 Å². The summed E-state index contributed by atoms with van der Waals surface area (Å²) in [7, 11) is 0. The van der Waals surface area contributed by atoms with Crippen LogP contribution in [0.3, 0.4) is 0 Å². The maximum Gasteiger partial charge on any atom is 0.275 e. The van der Waals surface area contributed by atoms with Gasteiger partial charge < -0.3 is 10.2 Å². The summed E-state index contributed by atoms with van der Waals surface area (Å²) in [6, 6.07) is 5.70. The molecule has 1 unspecified atom stereocenters. The molecule has 0 radical (unpaired) electrons. The molecule has 1 aromatic rings. The van der Waals surface area contributed by atoms with Crippen LogP contribution in [0.5, 0.6) is 0 Å². The second kappa shape index (κ2) is 6.30. The molecular weight excluding hydrogens is 290 g/mol. The third kappa shape index (κ3) is 3.73. The Morgan fingerprint density at radius 1 is 1.38 bits per heavy atom. The minimum atomic E-state index is -0.368. The van der Waals surface area contributed by atoms with Crippen molar-refractivity contribution in [3.8, 4) is 0 Å². The molecular formula is C15H20ClN3O2. The fraction of sp³-hybridized carbons (Fsp3) is 0.600. The largest absolute Gasteiger partial charge is 0.312 e. The number of likely N-dealkylation sites (tertiary alicyclic amines) is 1. The molecule has 0 aromatic heterocycles. The molecule has 0 amide bonds. The molecule has 1 saturated heterocycles. The van der Waals surface area contributed by atoms with Crippen molar-refractivity contribution in [3.05, 3.63) is 38.9 Å². The Morgan fingerprint density at radius 3 is 2.90 bits per heavy atom. The number of hydrogen-bond donors (Lipinski definition) is 1. The van der Waals surface area contributed by atoms with Crippen LogP contribution in [0, 0.1) is 16.0 Å². The highest BCUT2D eigenvalue weighted by Gasteiger charge is 2.34. The summed E-state index contributed by atoms with van der Waals surface area (Å²) in [5.74, 6) is 0.664. The Labute approximate surface area is 129 Å². The third-order valence-corrected chi connectivity index (χ3v) is 4.61. The van der Waals surface area contributed by atoms with Gasteiger partial charge in [0.15, 0.2) is 0 Å². The molecule has 21 heavy (non-hydrogen) atoms. The van der Waals surface area contributed by atoms with E-state index in [0.717, 1.165) is 12.6 Å². The highest BCUT2D eigenvalue weighted by molar-refractivity contribution is 6.30. The second-order valence-electron chi connectivity index (χ2n) is 6.04. The van der Waals surface area contributed by atoms with Gasteiger partial charge >= 0.3 is 0 Å². The van der Waals surface area contributed by atoms with Gasteiger partial charge in [-0.15, -0.1) is 0 Å². The average molecular weight is 310 g/mol. The van der Waals surface area contributed by atoms with Crippen LogP contribution >= 0.6 is 11.6 Å². The lowest BCUT2D eigenvalue weighted by Gasteiger charge is -2.15. The number of nitro groups is 1. The molecule has 1 saturated carbocycles. The highest BCUT2D eigenvalue weighted by Crippen LogP contribution is 2.31. The van der Waals surface area contributed by atoms with Gasteiger partial charge in [0, 0.05) is 35.8 Å². The van der Waals surface area contributed by atoms with Crippen molar-refractivity contribution >= 4 is 17.3 Å². The van der Waals surface area contributed by atoms with E-state index in [4.69, 9.17) is 11.6 Å². The number of rotatable bonds is 6. The monoisotopic (exact) mass is 309 g/mol. The minimum Gasteiger partial charge on any atom is -0.312 e. The number of nitrogens with one attached hydrogen (secondary N) is 1. The SMILES string of the molecule is O=[N+]([O-])c1cc(Cl)ccc1CNCC1CCN(C2CC2)C1. The van der Waals surface area contributed by atoms with Crippen molar-refractivity contribution in [2.75, 3.05) is 19.6 Å². The standard InChI is InChI=1S/C15H20ClN3O2/c16-13-2-1-12(15(7-13)19(20)21)9-17-8-11-5-6-18(10-11)14-3-4-14/h1-2,7,11,14,17H,3-6,8-10H2. The highest BCUT2D eigenvalue weighted by atomic mass is 35.5. The van der Waals surface area contributed by atoms with Crippen molar-refractivity contribution in [3.63, 3.8) is 0 Å². The first-order chi connectivity index (χ1) is 10.1. The predicted octanol–water partition coefficient (Wildman–Crippen LogP) is 2.82. The second-order valence-corrected chi connectivity index (χ2v) is 6.48. The van der Waals surface area contributed by atoms with Crippen LogP contribution in [0.2, 0.25) is 5.02 Å². The molecule has 1 heterocycles. The lowest BCUT2D eigenvalue weighted by Crippen LogP contribution is -2.27. The number of hydrogen-bond acceptors (Lipinski definition) is 4. The van der Waals surface area contributed by atoms with Gasteiger partial charge in [-0.3, -0.25) is 10.1 Å². The fourth-order valence-electron chi connectivity index (χ4n) is 3.07. The molecule has 2 fully saturated rings. The van der Waals surface area contributed by atoms with Gasteiger partial charge in [0.25, 0.3) is 5.69 Å². The van der Waals surface area contributed by atoms with E-state index in [1.807, 2.05) is 0 Å². The summed E-state index contributed by atoms with van der Waals surface area (Å²) >= 11 is 5.82. The molecule has 3 rings (SSSR count). The van der Waals surface area contributed by atoms with E-state index >= 15 is 0 Å². The van der Waals surface area contributed by atoms with Crippen LogP contribution in [-0.2, 0) is 6.54 Å². The van der Waals surface area contributed by atoms with Crippen LogP contribution in [0.15, 0.2) is 18.2 Å². The first-order valence-electron chi connectivity index (χ1n) is 7.51. The lowest BCUT2D eigenvalue weighted by molar-refractivity contribution is -0.385. The average Bonchev–Trinajstić information content (AvgIpc) is 3.20. The number of benzene rings is 1. The molecule has 5 nitrogen and oxygen atoms in total. The topological polar surface area (TPSA) is 58.4 Å². The predicted molar refractivity (Wildman–Crippen MR) is 82.5 cm³/mol. The van der Waals surface area contributed by atoms with Gasteiger partial charge in [0.2, 0.25) is 0 Å². The van der Waals surface area contributed by atoms with Crippen LogP contribution in [0.4, 0.5) is 5.69 Å². The summed E-state index contributed by atoms with van der Waals surface area (Å²) in [6.07, 6.45) is 3.94. The molecule has 6 heteroatoms. The molecule has 1 atom stereocenters. The van der Waals surface area contributed by atoms with Gasteiger partial charge in [-0.1, -0.05) is 11.6 Å². The van der Waals surface area contributed by atoms with Gasteiger partial charge in [0.1, 0.15) is 0 Å². The quantitative estimate of drug-likeness (QED) is 0.648. The van der Waals surface area contributed by atoms with Crippen molar-refractivity contribution < 1.29 is 4.92 Å². The van der Waals surface area contributed by atoms with E-state index < -0.39 is 0 Å². The Hall–Kier alpha value is -1.17. The van der Waals surface area contributed by atoms with Crippen molar-refractivity contribution in [2.45, 2.75) is 31.8 Å². The zero-order chi connectivity index (χ0) is 14.8. The van der Waals surface area contributed by atoms with Gasteiger partial charge in [-0.05, 0) is 50.4 Å². The Kier molecular flexibility index (Phi) is 4.42. The van der Waals surface area contributed by atoms with Crippen LogP contribution in [0.1, 0.15) is 24.8 Å². The maximum atomic E-state index is 11.0. The van der Waals surface area contributed by atoms with E-state index in [1.54, 1.807) is 12.1 Å². The zero-order valence-corrected chi connectivity index (χ0v) is 12.7. The lowest BCUT2D eigenvalue weighted by atomic mass is 10.1. The maximum absolute atomic E-state index is 11.0. The van der Waals surface area contributed by atoms with E-state index in [2.05, 4.69) is 10.2 Å². The van der Waals surface area contributed by atoms with E-state index in [-0.39, 0.29) is 10.6 Å². The van der Waals surface area contributed by atoms with E-state index in [9.17, 15) is 10.1 Å². The summed E-state index contributed by atoms with van der Waals surface area (Å²) in [4.78, 5) is 13.2. The molecule has 1 aliphatic carbocycles. The summed E-state index contributed by atoms with van der Waals surface area (Å²) in [5, 5.41) is 14.8. The van der Waals surface area contributed by atoms with E-state index in [0.29, 0.717) is 23.0 Å². The first-order valence-corrected chi connectivity index (χ1v) is 7.89. The molecule has 114 valence electrons. The Balaban J connectivity index is 1.50. The molecule has 0 bridgehead atoms. The summed E-state index contributed by atoms with van der Waals surface area (Å²) in [5.41, 5.74) is 0.794. The Morgan fingerprint density at radius 2 is 2.19 bits per heavy atom. The molecule has 0 spiro atoms. The third-order valence-electron chi connectivity index (χ3n) is 4.37. The molecule has 1 aliphatic heterocycles. The van der Waals surface area contributed by atoms with Crippen molar-refractivity contribution in [1.82, 2.24) is 10.2 Å². The summed E-state index contributed by atoms with van der Waals surface area (Å²) in [6.45, 7) is 3.81. The number of nitrogens with zero attached hydrogens (tertiary/aromatic N) is 2. The van der Waals surface area contributed by atoms with E-state index in [1.165, 1.54) is 38.4 Å². The summed E-state index contributed by atoms with van der Waals surface area (Å²) < 4.78 is 0. The fourth-order valence-corrected chi connectivity index (χ4v) is 3.23. The minimum absolute atomic E-state index is 0.0982. The van der Waals surface area contributed by atoms with Gasteiger partial charge in [-0.2, -0.15) is 0 Å². The van der Waals surface area contributed by atoms with Crippen LogP contribution in [-0.4, -0.2) is 35.5 Å². The van der Waals surface area contributed by atoms with Gasteiger partial charge in [0.05, 0.1) is 4.92 Å². The smallest absolute Gasteiger partial charge is 0.275 e. The first kappa shape index (κ1) is 14.8.